The Hall–Kier alpha value is -2.74. The van der Waals surface area contributed by atoms with Crippen LogP contribution in [-0.2, 0) is 6.18 Å². The zero-order chi connectivity index (χ0) is 17.5. The number of nitrogens with zero attached hydrogens (tertiary/aromatic N) is 3. The molecule has 2 aromatic carbocycles. The topological polar surface area (TPSA) is 82.7 Å². The molecule has 24 heavy (non-hydrogen) atoms. The third-order valence-electron chi connectivity index (χ3n) is 3.37. The maximum Gasteiger partial charge on any atom is 0.417 e. The van der Waals surface area contributed by atoms with Crippen LogP contribution in [0.1, 0.15) is 5.56 Å². The molecule has 4 N–H and O–H groups in total. The lowest BCUT2D eigenvalue weighted by Crippen LogP contribution is -2.10. The van der Waals surface area contributed by atoms with E-state index in [0.29, 0.717) is 0 Å². The Morgan fingerprint density at radius 2 is 1.71 bits per heavy atom. The van der Waals surface area contributed by atoms with Crippen molar-refractivity contribution in [1.82, 2.24) is 14.8 Å². The first-order chi connectivity index (χ1) is 11.3. The quantitative estimate of drug-likeness (QED) is 0.734. The van der Waals surface area contributed by atoms with Crippen LogP contribution >= 0.6 is 11.6 Å². The van der Waals surface area contributed by atoms with E-state index in [-0.39, 0.29) is 33.7 Å². The summed E-state index contributed by atoms with van der Waals surface area (Å²) in [4.78, 5) is 3.68. The van der Waals surface area contributed by atoms with Crippen molar-refractivity contribution in [2.75, 3.05) is 11.5 Å². The summed E-state index contributed by atoms with van der Waals surface area (Å²) >= 11 is 6.03. The first-order valence-corrected chi connectivity index (χ1v) is 7.09. The van der Waals surface area contributed by atoms with Gasteiger partial charge >= 0.3 is 6.18 Å². The highest BCUT2D eigenvalue weighted by Crippen LogP contribution is 2.40. The van der Waals surface area contributed by atoms with Gasteiger partial charge in [-0.15, -0.1) is 5.10 Å². The largest absolute Gasteiger partial charge is 0.417 e. The summed E-state index contributed by atoms with van der Waals surface area (Å²) in [6.45, 7) is 0. The van der Waals surface area contributed by atoms with Gasteiger partial charge in [0.25, 0.3) is 0 Å². The van der Waals surface area contributed by atoms with E-state index < -0.39 is 11.7 Å². The summed E-state index contributed by atoms with van der Waals surface area (Å²) in [6, 6.07) is 10.0. The monoisotopic (exact) mass is 353 g/mol. The van der Waals surface area contributed by atoms with E-state index in [0.717, 1.165) is 10.7 Å². The Morgan fingerprint density at radius 3 is 2.29 bits per heavy atom. The van der Waals surface area contributed by atoms with Crippen molar-refractivity contribution in [3.8, 4) is 16.8 Å². The average Bonchev–Trinajstić information content (AvgIpc) is 2.85. The van der Waals surface area contributed by atoms with Crippen LogP contribution in [0, 0.1) is 0 Å². The number of alkyl halides is 3. The van der Waals surface area contributed by atoms with Gasteiger partial charge in [-0.1, -0.05) is 35.9 Å². The fourth-order valence-electron chi connectivity index (χ4n) is 2.34. The predicted octanol–water partition coefficient (Wildman–Crippen LogP) is 3.77. The van der Waals surface area contributed by atoms with E-state index in [1.54, 1.807) is 12.1 Å². The van der Waals surface area contributed by atoms with Gasteiger partial charge in [0, 0.05) is 10.6 Å². The lowest BCUT2D eigenvalue weighted by Gasteiger charge is -2.16. The maximum absolute atomic E-state index is 13.5. The van der Waals surface area contributed by atoms with E-state index in [9.17, 15) is 13.2 Å². The van der Waals surface area contributed by atoms with Gasteiger partial charge in [0.15, 0.2) is 0 Å². The third kappa shape index (κ3) is 2.88. The minimum Gasteiger partial charge on any atom is -0.368 e. The predicted molar refractivity (Wildman–Crippen MR) is 85.6 cm³/mol. The van der Waals surface area contributed by atoms with Crippen LogP contribution < -0.4 is 11.5 Å². The van der Waals surface area contributed by atoms with Crippen molar-refractivity contribution < 1.29 is 13.2 Å². The summed E-state index contributed by atoms with van der Waals surface area (Å²) in [6.07, 6.45) is -4.59. The van der Waals surface area contributed by atoms with Crippen molar-refractivity contribution in [2.24, 2.45) is 0 Å². The number of nitrogens with two attached hydrogens (primary N) is 2. The molecule has 0 aliphatic heterocycles. The summed E-state index contributed by atoms with van der Waals surface area (Å²) in [5, 5.41) is 4.01. The lowest BCUT2D eigenvalue weighted by atomic mass is 9.98. The van der Waals surface area contributed by atoms with Gasteiger partial charge < -0.3 is 11.5 Å². The van der Waals surface area contributed by atoms with Crippen molar-refractivity contribution >= 4 is 23.5 Å². The lowest BCUT2D eigenvalue weighted by molar-refractivity contribution is -0.137. The number of anilines is 2. The van der Waals surface area contributed by atoms with Crippen LogP contribution in [0.25, 0.3) is 16.8 Å². The van der Waals surface area contributed by atoms with Gasteiger partial charge in [-0.05, 0) is 23.8 Å². The van der Waals surface area contributed by atoms with Crippen LogP contribution in [-0.4, -0.2) is 14.8 Å². The SMILES string of the molecule is Nc1nc(N)n(-c2ccc(-c3ccccc3Cl)c(C(F)(F)F)c2)n1. The zero-order valence-electron chi connectivity index (χ0n) is 12.0. The molecule has 1 heterocycles. The molecular formula is C15H11ClF3N5. The van der Waals surface area contributed by atoms with Gasteiger partial charge in [0.1, 0.15) is 0 Å². The van der Waals surface area contributed by atoms with Gasteiger partial charge in [0.05, 0.1) is 11.3 Å². The Balaban J connectivity index is 2.22. The van der Waals surface area contributed by atoms with E-state index in [1.807, 2.05) is 0 Å². The molecule has 3 rings (SSSR count). The Morgan fingerprint density at radius 1 is 1.00 bits per heavy atom. The molecule has 0 bridgehead atoms. The molecule has 0 unspecified atom stereocenters. The van der Waals surface area contributed by atoms with Crippen molar-refractivity contribution in [1.29, 1.82) is 0 Å². The van der Waals surface area contributed by atoms with Crippen LogP contribution in [0.2, 0.25) is 5.02 Å². The fourth-order valence-corrected chi connectivity index (χ4v) is 2.58. The van der Waals surface area contributed by atoms with E-state index in [1.165, 1.54) is 24.3 Å². The molecule has 0 aliphatic carbocycles. The first-order valence-electron chi connectivity index (χ1n) is 6.72. The van der Waals surface area contributed by atoms with Crippen molar-refractivity contribution in [3.63, 3.8) is 0 Å². The Labute approximate surface area is 139 Å². The second-order valence-electron chi connectivity index (χ2n) is 4.95. The molecule has 0 spiro atoms. The number of aromatic nitrogens is 3. The smallest absolute Gasteiger partial charge is 0.368 e. The summed E-state index contributed by atoms with van der Waals surface area (Å²) in [5.74, 6) is -0.234. The molecule has 0 aliphatic rings. The summed E-state index contributed by atoms with van der Waals surface area (Å²) in [5.41, 5.74) is 10.5. The number of benzene rings is 2. The Bertz CT molecular complexity index is 904. The maximum atomic E-state index is 13.5. The highest BCUT2D eigenvalue weighted by atomic mass is 35.5. The van der Waals surface area contributed by atoms with Crippen molar-refractivity contribution in [2.45, 2.75) is 6.18 Å². The standard InChI is InChI=1S/C15H11ClF3N5/c16-12-4-2-1-3-10(12)9-6-5-8(7-11(9)15(17,18)19)24-14(21)22-13(20)23-24/h1-7H,(H4,20,21,22,23). The molecule has 0 saturated heterocycles. The second-order valence-corrected chi connectivity index (χ2v) is 5.35. The molecule has 124 valence electrons. The highest BCUT2D eigenvalue weighted by molar-refractivity contribution is 6.33. The zero-order valence-corrected chi connectivity index (χ0v) is 12.8. The van der Waals surface area contributed by atoms with Crippen LogP contribution in [0.5, 0.6) is 0 Å². The molecule has 0 radical (unpaired) electrons. The highest BCUT2D eigenvalue weighted by Gasteiger charge is 2.34. The van der Waals surface area contributed by atoms with Crippen LogP contribution in [0.3, 0.4) is 0 Å². The minimum atomic E-state index is -4.59. The molecule has 0 saturated carbocycles. The van der Waals surface area contributed by atoms with E-state index >= 15 is 0 Å². The van der Waals surface area contributed by atoms with Crippen LogP contribution in [0.15, 0.2) is 42.5 Å². The molecule has 3 aromatic rings. The second kappa shape index (κ2) is 5.72. The van der Waals surface area contributed by atoms with Gasteiger partial charge in [-0.3, -0.25) is 0 Å². The molecule has 0 fully saturated rings. The van der Waals surface area contributed by atoms with Gasteiger partial charge in [-0.25, -0.2) is 0 Å². The van der Waals surface area contributed by atoms with Crippen LogP contribution in [0.4, 0.5) is 25.1 Å². The van der Waals surface area contributed by atoms with Gasteiger partial charge in [0.2, 0.25) is 11.9 Å². The number of hydrogen-bond donors (Lipinski definition) is 2. The fraction of sp³-hybridized carbons (Fsp3) is 0.0667. The van der Waals surface area contributed by atoms with Gasteiger partial charge in [-0.2, -0.15) is 22.8 Å². The number of rotatable bonds is 2. The van der Waals surface area contributed by atoms with Crippen molar-refractivity contribution in [3.05, 3.63) is 53.1 Å². The molecule has 0 atom stereocenters. The first kappa shape index (κ1) is 16.1. The normalized spacial score (nSPS) is 11.7. The number of hydrogen-bond acceptors (Lipinski definition) is 4. The summed E-state index contributed by atoms with van der Waals surface area (Å²) in [7, 11) is 0. The number of halogens is 4. The molecular weight excluding hydrogens is 343 g/mol. The third-order valence-corrected chi connectivity index (χ3v) is 3.70. The molecule has 5 nitrogen and oxygen atoms in total. The van der Waals surface area contributed by atoms with E-state index in [2.05, 4.69) is 10.1 Å². The molecule has 9 heteroatoms. The van der Waals surface area contributed by atoms with E-state index in [4.69, 9.17) is 23.1 Å². The molecule has 0 amide bonds. The Kier molecular flexibility index (Phi) is 3.84. The molecule has 1 aromatic heterocycles. The summed E-state index contributed by atoms with van der Waals surface area (Å²) < 4.78 is 41.6. The average molecular weight is 354 g/mol. The minimum absolute atomic E-state index is 0.0384. The number of nitrogen functional groups attached to an aromatic ring is 2.